The van der Waals surface area contributed by atoms with E-state index in [2.05, 4.69) is 9.38 Å². The molecule has 4 heteroatoms. The van der Waals surface area contributed by atoms with E-state index in [4.69, 9.17) is 5.73 Å². The lowest BCUT2D eigenvalue weighted by Gasteiger charge is -2.08. The van der Waals surface area contributed by atoms with E-state index in [-0.39, 0.29) is 5.75 Å². The molecule has 0 atom stereocenters. The van der Waals surface area contributed by atoms with Crippen molar-refractivity contribution in [3.8, 4) is 5.75 Å². The molecule has 0 fully saturated rings. The van der Waals surface area contributed by atoms with Crippen LogP contribution in [0.4, 0.5) is 0 Å². The molecule has 0 saturated heterocycles. The highest BCUT2D eigenvalue weighted by Gasteiger charge is 2.12. The second kappa shape index (κ2) is 3.71. The average molecular weight is 241 g/mol. The number of aromatic hydroxyl groups is 1. The zero-order chi connectivity index (χ0) is 12.9. The summed E-state index contributed by atoms with van der Waals surface area (Å²) in [5, 5.41) is 10.6. The van der Waals surface area contributed by atoms with Gasteiger partial charge in [0.2, 0.25) is 0 Å². The molecule has 0 aliphatic rings. The SMILES string of the molecule is Cc1nc2cc(C)c3cc(O)ccc3n2c1CN. The smallest absolute Gasteiger partial charge is 0.138 e. The van der Waals surface area contributed by atoms with E-state index in [1.165, 1.54) is 0 Å². The van der Waals surface area contributed by atoms with Crippen LogP contribution in [-0.4, -0.2) is 14.5 Å². The molecule has 3 aromatic rings. The summed E-state index contributed by atoms with van der Waals surface area (Å²) in [7, 11) is 0. The van der Waals surface area contributed by atoms with Crippen molar-refractivity contribution >= 4 is 16.6 Å². The molecule has 3 N–H and O–H groups in total. The van der Waals surface area contributed by atoms with Gasteiger partial charge in [0.25, 0.3) is 0 Å². The van der Waals surface area contributed by atoms with Crippen LogP contribution < -0.4 is 5.73 Å². The van der Waals surface area contributed by atoms with E-state index >= 15 is 0 Å². The zero-order valence-corrected chi connectivity index (χ0v) is 10.4. The number of nitrogens with two attached hydrogens (primary N) is 1. The Morgan fingerprint density at radius 3 is 2.78 bits per heavy atom. The van der Waals surface area contributed by atoms with Crippen molar-refractivity contribution in [2.24, 2.45) is 5.73 Å². The quantitative estimate of drug-likeness (QED) is 0.687. The first-order chi connectivity index (χ1) is 8.61. The van der Waals surface area contributed by atoms with E-state index < -0.39 is 0 Å². The molecule has 0 saturated carbocycles. The average Bonchev–Trinajstić information content (AvgIpc) is 2.65. The molecule has 92 valence electrons. The van der Waals surface area contributed by atoms with Gasteiger partial charge in [0.1, 0.15) is 11.4 Å². The van der Waals surface area contributed by atoms with Gasteiger partial charge in [-0.1, -0.05) is 0 Å². The van der Waals surface area contributed by atoms with Crippen LogP contribution in [0.3, 0.4) is 0 Å². The van der Waals surface area contributed by atoms with Gasteiger partial charge in [0.05, 0.1) is 16.9 Å². The molecule has 0 spiro atoms. The largest absolute Gasteiger partial charge is 0.508 e. The molecule has 0 aliphatic heterocycles. The van der Waals surface area contributed by atoms with Crippen molar-refractivity contribution < 1.29 is 5.11 Å². The molecule has 0 amide bonds. The first-order valence-corrected chi connectivity index (χ1v) is 5.92. The molecule has 1 aromatic carbocycles. The normalized spacial score (nSPS) is 11.5. The van der Waals surface area contributed by atoms with Crippen molar-refractivity contribution in [2.75, 3.05) is 0 Å². The molecule has 0 radical (unpaired) electrons. The van der Waals surface area contributed by atoms with Crippen LogP contribution in [0.5, 0.6) is 5.75 Å². The number of benzene rings is 1. The minimum atomic E-state index is 0.274. The highest BCUT2D eigenvalue weighted by Crippen LogP contribution is 2.26. The Labute approximate surface area is 105 Å². The lowest BCUT2D eigenvalue weighted by molar-refractivity contribution is 0.476. The van der Waals surface area contributed by atoms with Crippen molar-refractivity contribution in [3.05, 3.63) is 41.2 Å². The molecule has 2 aromatic heterocycles. The monoisotopic (exact) mass is 241 g/mol. The van der Waals surface area contributed by atoms with E-state index in [9.17, 15) is 5.11 Å². The molecule has 3 rings (SSSR count). The lowest BCUT2D eigenvalue weighted by atomic mass is 10.1. The predicted molar refractivity (Wildman–Crippen MR) is 71.7 cm³/mol. The van der Waals surface area contributed by atoms with Gasteiger partial charge in [-0.15, -0.1) is 0 Å². The number of phenols is 1. The Bertz CT molecular complexity index is 759. The molecule has 2 heterocycles. The molecular formula is C14H15N3O. The van der Waals surface area contributed by atoms with Crippen LogP contribution in [0.2, 0.25) is 0 Å². The van der Waals surface area contributed by atoms with E-state index in [1.807, 2.05) is 26.0 Å². The third-order valence-electron chi connectivity index (χ3n) is 3.38. The second-order valence-corrected chi connectivity index (χ2v) is 4.57. The van der Waals surface area contributed by atoms with Gasteiger partial charge in [0.15, 0.2) is 0 Å². The Morgan fingerprint density at radius 1 is 1.28 bits per heavy atom. The van der Waals surface area contributed by atoms with Crippen LogP contribution >= 0.6 is 0 Å². The van der Waals surface area contributed by atoms with E-state index in [1.54, 1.807) is 12.1 Å². The van der Waals surface area contributed by atoms with Crippen LogP contribution in [-0.2, 0) is 6.54 Å². The molecular weight excluding hydrogens is 226 g/mol. The van der Waals surface area contributed by atoms with Gasteiger partial charge in [-0.05, 0) is 43.7 Å². The van der Waals surface area contributed by atoms with Gasteiger partial charge in [-0.2, -0.15) is 0 Å². The van der Waals surface area contributed by atoms with Crippen LogP contribution in [0, 0.1) is 13.8 Å². The topological polar surface area (TPSA) is 63.5 Å². The second-order valence-electron chi connectivity index (χ2n) is 4.57. The van der Waals surface area contributed by atoms with Gasteiger partial charge in [-0.25, -0.2) is 4.98 Å². The van der Waals surface area contributed by atoms with Crippen molar-refractivity contribution in [2.45, 2.75) is 20.4 Å². The maximum absolute atomic E-state index is 9.61. The maximum atomic E-state index is 9.61. The first-order valence-electron chi connectivity index (χ1n) is 5.92. The highest BCUT2D eigenvalue weighted by molar-refractivity contribution is 5.87. The highest BCUT2D eigenvalue weighted by atomic mass is 16.3. The number of imidazole rings is 1. The molecule has 0 aliphatic carbocycles. The standard InChI is InChI=1S/C14H15N3O/c1-8-5-14-16-9(2)13(7-15)17(14)12-4-3-10(18)6-11(8)12/h3-6,18H,7,15H2,1-2H3. The first kappa shape index (κ1) is 11.0. The summed E-state index contributed by atoms with van der Waals surface area (Å²) in [5.74, 6) is 0.274. The fourth-order valence-corrected chi connectivity index (χ4v) is 2.50. The number of hydrogen-bond acceptors (Lipinski definition) is 3. The van der Waals surface area contributed by atoms with Crippen molar-refractivity contribution in [1.82, 2.24) is 9.38 Å². The maximum Gasteiger partial charge on any atom is 0.138 e. The fraction of sp³-hybridized carbons (Fsp3) is 0.214. The Morgan fingerprint density at radius 2 is 2.06 bits per heavy atom. The zero-order valence-electron chi connectivity index (χ0n) is 10.4. The summed E-state index contributed by atoms with van der Waals surface area (Å²) in [5.41, 5.74) is 10.8. The van der Waals surface area contributed by atoms with Crippen LogP contribution in [0.1, 0.15) is 17.0 Å². The summed E-state index contributed by atoms with van der Waals surface area (Å²) in [6, 6.07) is 7.40. The Kier molecular flexibility index (Phi) is 2.28. The number of hydrogen-bond donors (Lipinski definition) is 2. The van der Waals surface area contributed by atoms with Crippen molar-refractivity contribution in [3.63, 3.8) is 0 Å². The molecule has 0 bridgehead atoms. The third kappa shape index (κ3) is 1.39. The summed E-state index contributed by atoms with van der Waals surface area (Å²) in [4.78, 5) is 4.54. The fourth-order valence-electron chi connectivity index (χ4n) is 2.50. The lowest BCUT2D eigenvalue weighted by Crippen LogP contribution is -2.03. The number of aryl methyl sites for hydroxylation is 2. The Balaban J connectivity index is 2.58. The molecule has 4 nitrogen and oxygen atoms in total. The number of pyridine rings is 1. The predicted octanol–water partition coefficient (Wildman–Crippen LogP) is 2.27. The van der Waals surface area contributed by atoms with Crippen LogP contribution in [0.15, 0.2) is 24.3 Å². The minimum absolute atomic E-state index is 0.274. The van der Waals surface area contributed by atoms with Crippen molar-refractivity contribution in [1.29, 1.82) is 0 Å². The summed E-state index contributed by atoms with van der Waals surface area (Å²) < 4.78 is 2.07. The number of aromatic nitrogens is 2. The minimum Gasteiger partial charge on any atom is -0.508 e. The molecule has 18 heavy (non-hydrogen) atoms. The number of phenolic OH excluding ortho intramolecular Hbond substituents is 1. The van der Waals surface area contributed by atoms with Gasteiger partial charge >= 0.3 is 0 Å². The van der Waals surface area contributed by atoms with Gasteiger partial charge in [0, 0.05) is 11.9 Å². The van der Waals surface area contributed by atoms with Gasteiger partial charge in [-0.3, -0.25) is 4.40 Å². The van der Waals surface area contributed by atoms with E-state index in [0.29, 0.717) is 6.54 Å². The third-order valence-corrected chi connectivity index (χ3v) is 3.38. The number of fused-ring (bicyclic) bond motifs is 3. The number of rotatable bonds is 1. The van der Waals surface area contributed by atoms with E-state index in [0.717, 1.165) is 33.5 Å². The van der Waals surface area contributed by atoms with Gasteiger partial charge < -0.3 is 10.8 Å². The Hall–Kier alpha value is -2.07. The summed E-state index contributed by atoms with van der Waals surface area (Å²) in [6.07, 6.45) is 0. The molecule has 0 unspecified atom stereocenters. The summed E-state index contributed by atoms with van der Waals surface area (Å²) in [6.45, 7) is 4.44. The summed E-state index contributed by atoms with van der Waals surface area (Å²) >= 11 is 0. The number of nitrogens with zero attached hydrogens (tertiary/aromatic N) is 2. The van der Waals surface area contributed by atoms with Crippen LogP contribution in [0.25, 0.3) is 16.6 Å².